The maximum atomic E-state index is 13.5. The van der Waals surface area contributed by atoms with E-state index in [1.807, 2.05) is 6.92 Å². The summed E-state index contributed by atoms with van der Waals surface area (Å²) in [6, 6.07) is 0. The summed E-state index contributed by atoms with van der Waals surface area (Å²) in [6.45, 7) is 10.9. The van der Waals surface area contributed by atoms with Crippen LogP contribution < -0.4 is 16.4 Å². The highest BCUT2D eigenvalue weighted by Gasteiger charge is 2.33. The Kier molecular flexibility index (Phi) is 13.1. The topological polar surface area (TPSA) is 166 Å². The summed E-state index contributed by atoms with van der Waals surface area (Å²) in [5, 5.41) is 16.7. The van der Waals surface area contributed by atoms with E-state index in [9.17, 15) is 24.3 Å². The molecule has 2 bridgehead atoms. The number of carbonyl (C=O) groups excluding carboxylic acids is 4. The standard InChI is InChI=1S/C31H43N3O8/c1-8-12-33-26-21-13-17(2)14-25(41-7)27(36)19(4)15-20(5)29(42-31(32)39)24(40-6)11-9-10-18(3)30(38)34-22(28(21)37)16-23(26)35/h8-11,15-17,19,24-25,27,29,33,36H,1,12-14H2,2-7H3,(H2,32,39)(H,34,38)/b11-9-,18-10+,20-15+/t17-,19+,24+,25+,27-,29-/m1/s1. The smallest absolute Gasteiger partial charge is 0.405 e. The lowest BCUT2D eigenvalue weighted by Gasteiger charge is -2.30. The van der Waals surface area contributed by atoms with Gasteiger partial charge < -0.3 is 35.7 Å². The zero-order valence-corrected chi connectivity index (χ0v) is 25.1. The fourth-order valence-corrected chi connectivity index (χ4v) is 4.95. The number of amides is 2. The highest BCUT2D eigenvalue weighted by atomic mass is 16.6. The molecule has 1 heterocycles. The highest BCUT2D eigenvalue weighted by molar-refractivity contribution is 6.23. The zero-order valence-electron chi connectivity index (χ0n) is 25.1. The average molecular weight is 586 g/mol. The van der Waals surface area contributed by atoms with Gasteiger partial charge in [-0.2, -0.15) is 0 Å². The predicted octanol–water partition coefficient (Wildman–Crippen LogP) is 2.54. The lowest BCUT2D eigenvalue weighted by molar-refractivity contribution is -0.120. The molecule has 42 heavy (non-hydrogen) atoms. The van der Waals surface area contributed by atoms with Crippen molar-refractivity contribution in [2.75, 3.05) is 20.8 Å². The first-order chi connectivity index (χ1) is 19.8. The molecular formula is C31H43N3O8. The van der Waals surface area contributed by atoms with Gasteiger partial charge in [0.05, 0.1) is 23.6 Å². The van der Waals surface area contributed by atoms with Gasteiger partial charge in [-0.1, -0.05) is 44.2 Å². The molecule has 5 N–H and O–H groups in total. The second-order valence-corrected chi connectivity index (χ2v) is 10.6. The minimum atomic E-state index is -1.00. The molecule has 2 amide bonds. The van der Waals surface area contributed by atoms with E-state index in [-0.39, 0.29) is 41.4 Å². The van der Waals surface area contributed by atoms with Gasteiger partial charge >= 0.3 is 6.09 Å². The van der Waals surface area contributed by atoms with Gasteiger partial charge in [-0.3, -0.25) is 14.4 Å². The third-order valence-electron chi connectivity index (χ3n) is 7.22. The number of allylic oxidation sites excluding steroid dienone is 4. The molecule has 0 aromatic rings. The first kappa shape index (κ1) is 34.4. The molecule has 0 saturated carbocycles. The van der Waals surface area contributed by atoms with Gasteiger partial charge in [0.15, 0.2) is 6.10 Å². The number of hydrogen-bond acceptors (Lipinski definition) is 9. The van der Waals surface area contributed by atoms with Crippen LogP contribution in [-0.4, -0.2) is 73.9 Å². The van der Waals surface area contributed by atoms with E-state index >= 15 is 0 Å². The fourth-order valence-electron chi connectivity index (χ4n) is 4.95. The number of aliphatic hydroxyl groups is 1. The summed E-state index contributed by atoms with van der Waals surface area (Å²) in [6.07, 6.45) is 5.34. The van der Waals surface area contributed by atoms with E-state index in [4.69, 9.17) is 19.9 Å². The van der Waals surface area contributed by atoms with E-state index in [1.165, 1.54) is 20.3 Å². The van der Waals surface area contributed by atoms with E-state index in [2.05, 4.69) is 17.2 Å². The maximum Gasteiger partial charge on any atom is 0.405 e. The van der Waals surface area contributed by atoms with E-state index in [0.29, 0.717) is 12.0 Å². The van der Waals surface area contributed by atoms with Crippen molar-refractivity contribution >= 4 is 23.6 Å². The first-order valence-electron chi connectivity index (χ1n) is 13.8. The van der Waals surface area contributed by atoms with Crippen LogP contribution >= 0.6 is 0 Å². The van der Waals surface area contributed by atoms with Gasteiger partial charge in [0.25, 0.3) is 5.91 Å². The molecule has 1 aliphatic carbocycles. The Bertz CT molecular complexity index is 1210. The number of primary amides is 1. The zero-order chi connectivity index (χ0) is 31.6. The van der Waals surface area contributed by atoms with Crippen LogP contribution in [0.5, 0.6) is 0 Å². The SMILES string of the molecule is C=CCNC1=C2C[C@@H](C)C[C@H](OC)[C@H](O)[C@@H](C)/C=C(\C)[C@@H](OC(N)=O)[C@@H](OC)/C=C\C=C(/C)C(=O)NC(=CC1=O)C2=O. The Morgan fingerprint density at radius 2 is 1.90 bits per heavy atom. The van der Waals surface area contributed by atoms with E-state index in [0.717, 1.165) is 6.08 Å². The molecule has 0 spiro atoms. The van der Waals surface area contributed by atoms with Crippen LogP contribution in [0.2, 0.25) is 0 Å². The predicted molar refractivity (Wildman–Crippen MR) is 158 cm³/mol. The van der Waals surface area contributed by atoms with Crippen molar-refractivity contribution in [3.8, 4) is 0 Å². The number of Topliss-reactive ketones (excluding diaryl/α,β-unsaturated/α-hetero) is 1. The first-order valence-corrected chi connectivity index (χ1v) is 13.8. The Labute approximate surface area is 247 Å². The van der Waals surface area contributed by atoms with Crippen molar-refractivity contribution in [1.82, 2.24) is 10.6 Å². The molecule has 0 fully saturated rings. The molecule has 0 aromatic carbocycles. The average Bonchev–Trinajstić information content (AvgIpc) is 2.94. The number of aliphatic hydroxyl groups excluding tert-OH is 1. The van der Waals surface area contributed by atoms with Crippen molar-refractivity contribution in [2.24, 2.45) is 17.6 Å². The second kappa shape index (κ2) is 16.0. The van der Waals surface area contributed by atoms with Gasteiger partial charge in [-0.15, -0.1) is 6.58 Å². The van der Waals surface area contributed by atoms with Crippen LogP contribution in [0.1, 0.15) is 40.5 Å². The molecule has 230 valence electrons. The molecule has 11 nitrogen and oxygen atoms in total. The summed E-state index contributed by atoms with van der Waals surface area (Å²) >= 11 is 0. The normalized spacial score (nSPS) is 31.6. The molecule has 2 aliphatic rings. The van der Waals surface area contributed by atoms with Crippen LogP contribution in [0.4, 0.5) is 4.79 Å². The molecular weight excluding hydrogens is 542 g/mol. The maximum absolute atomic E-state index is 13.5. The van der Waals surface area contributed by atoms with Gasteiger partial charge in [-0.25, -0.2) is 4.79 Å². The fraction of sp³-hybridized carbons (Fsp3) is 0.484. The molecule has 0 unspecified atom stereocenters. The molecule has 0 aromatic heterocycles. The van der Waals surface area contributed by atoms with Crippen molar-refractivity contribution in [3.05, 3.63) is 71.1 Å². The number of ketones is 2. The minimum absolute atomic E-state index is 0.132. The highest BCUT2D eigenvalue weighted by Crippen LogP contribution is 2.28. The Morgan fingerprint density at radius 1 is 1.21 bits per heavy atom. The van der Waals surface area contributed by atoms with Crippen molar-refractivity contribution in [1.29, 1.82) is 0 Å². The Hall–Kier alpha value is -3.80. The number of hydrogen-bond donors (Lipinski definition) is 4. The molecule has 0 radical (unpaired) electrons. The lowest BCUT2D eigenvalue weighted by Crippen LogP contribution is -2.37. The van der Waals surface area contributed by atoms with Gasteiger partial charge in [0, 0.05) is 43.9 Å². The van der Waals surface area contributed by atoms with Crippen LogP contribution in [-0.2, 0) is 28.6 Å². The van der Waals surface area contributed by atoms with Crippen molar-refractivity contribution in [3.63, 3.8) is 0 Å². The molecule has 1 aliphatic heterocycles. The summed E-state index contributed by atoms with van der Waals surface area (Å²) < 4.78 is 16.6. The number of methoxy groups -OCH3 is 2. The number of rotatable bonds is 6. The third kappa shape index (κ3) is 9.10. The van der Waals surface area contributed by atoms with Crippen LogP contribution in [0, 0.1) is 11.8 Å². The molecule has 6 atom stereocenters. The number of nitrogens with two attached hydrogens (primary N) is 1. The molecule has 0 saturated heterocycles. The minimum Gasteiger partial charge on any atom is -0.439 e. The van der Waals surface area contributed by atoms with Gasteiger partial charge in [0.1, 0.15) is 6.10 Å². The largest absolute Gasteiger partial charge is 0.439 e. The van der Waals surface area contributed by atoms with Crippen molar-refractivity contribution < 1.29 is 38.5 Å². The summed E-state index contributed by atoms with van der Waals surface area (Å²) in [4.78, 5) is 51.3. The Balaban J connectivity index is 2.62. The van der Waals surface area contributed by atoms with Crippen LogP contribution in [0.25, 0.3) is 0 Å². The lowest BCUT2D eigenvalue weighted by atomic mass is 9.85. The monoisotopic (exact) mass is 585 g/mol. The quantitative estimate of drug-likeness (QED) is 0.271. The van der Waals surface area contributed by atoms with Gasteiger partial charge in [0.2, 0.25) is 11.6 Å². The second-order valence-electron chi connectivity index (χ2n) is 10.6. The van der Waals surface area contributed by atoms with Crippen LogP contribution in [0.15, 0.2) is 71.1 Å². The van der Waals surface area contributed by atoms with E-state index in [1.54, 1.807) is 45.1 Å². The van der Waals surface area contributed by atoms with Crippen LogP contribution in [0.3, 0.4) is 0 Å². The number of carbonyl (C=O) groups is 4. The summed E-state index contributed by atoms with van der Waals surface area (Å²) in [7, 11) is 2.92. The van der Waals surface area contributed by atoms with Crippen molar-refractivity contribution in [2.45, 2.75) is 65.0 Å². The molecule has 11 heteroatoms. The number of nitrogens with one attached hydrogen (secondary N) is 2. The third-order valence-corrected chi connectivity index (χ3v) is 7.22. The number of fused-ring (bicyclic) bond motifs is 2. The van der Waals surface area contributed by atoms with Gasteiger partial charge in [-0.05, 0) is 38.2 Å². The summed E-state index contributed by atoms with van der Waals surface area (Å²) in [5.74, 6) is -2.14. The summed E-state index contributed by atoms with van der Waals surface area (Å²) in [5.41, 5.74) is 6.42. The number of ether oxygens (including phenoxy) is 3. The van der Waals surface area contributed by atoms with E-state index < -0.39 is 53.9 Å². The molecule has 2 rings (SSSR count). The Morgan fingerprint density at radius 3 is 2.50 bits per heavy atom.